The van der Waals surface area contributed by atoms with Crippen LogP contribution in [0, 0.1) is 0 Å². The summed E-state index contributed by atoms with van der Waals surface area (Å²) >= 11 is 2.40. The molecule has 0 aromatic carbocycles. The van der Waals surface area contributed by atoms with Crippen LogP contribution in [0.3, 0.4) is 0 Å². The Balaban J connectivity index is 1.30. The Morgan fingerprint density at radius 3 is 2.85 bits per heavy atom. The molecule has 3 aromatic rings. The quantitative estimate of drug-likeness (QED) is 0.107. The minimum Gasteiger partial charge on any atom is -0.503 e. The maximum absolute atomic E-state index is 13.2. The number of rotatable bonds is 8. The number of anilines is 1. The normalized spacial score (nSPS) is 18.7. The number of hydrogen-bond donors (Lipinski definition) is 5. The van der Waals surface area contributed by atoms with E-state index in [4.69, 9.17) is 15.0 Å². The molecule has 2 atom stereocenters. The first-order chi connectivity index (χ1) is 18.6. The van der Waals surface area contributed by atoms with Crippen molar-refractivity contribution >= 4 is 51.6 Å². The number of nitrogens with zero attached hydrogens (tertiary/aromatic N) is 4. The molecule has 202 valence electrons. The summed E-state index contributed by atoms with van der Waals surface area (Å²) in [5, 5.41) is 36.2. The molecule has 1 fully saturated rings. The van der Waals surface area contributed by atoms with E-state index >= 15 is 0 Å². The molecule has 15 nitrogen and oxygen atoms in total. The number of carboxylic acid groups (broad SMARTS) is 1. The second kappa shape index (κ2) is 10.2. The zero-order valence-electron chi connectivity index (χ0n) is 19.5. The summed E-state index contributed by atoms with van der Waals surface area (Å²) in [5.41, 5.74) is 5.04. The third-order valence-electron chi connectivity index (χ3n) is 5.65. The number of thioether (sulfide) groups is 1. The van der Waals surface area contributed by atoms with Gasteiger partial charge >= 0.3 is 5.97 Å². The van der Waals surface area contributed by atoms with Crippen molar-refractivity contribution in [3.63, 3.8) is 0 Å². The van der Waals surface area contributed by atoms with Gasteiger partial charge in [0, 0.05) is 23.3 Å². The molecule has 0 aliphatic carbocycles. The monoisotopic (exact) mass is 574 g/mol. The number of carbonyl (C=O) groups is 3. The molecule has 2 amide bonds. The molecule has 1 saturated heterocycles. The highest BCUT2D eigenvalue weighted by Crippen LogP contribution is 2.37. The number of pyridine rings is 1. The van der Waals surface area contributed by atoms with E-state index < -0.39 is 40.4 Å². The van der Waals surface area contributed by atoms with Gasteiger partial charge in [-0.2, -0.15) is 4.73 Å². The zero-order valence-corrected chi connectivity index (χ0v) is 21.1. The first kappa shape index (κ1) is 25.9. The highest BCUT2D eigenvalue weighted by Gasteiger charge is 2.53. The zero-order chi connectivity index (χ0) is 27.8. The van der Waals surface area contributed by atoms with E-state index in [1.807, 2.05) is 0 Å². The van der Waals surface area contributed by atoms with Crippen molar-refractivity contribution in [1.82, 2.24) is 25.1 Å². The average Bonchev–Trinajstić information content (AvgIpc) is 3.55. The fraction of sp³-hybridized carbons (Fsp3) is 0.182. The lowest BCUT2D eigenvalue weighted by Gasteiger charge is -2.48. The first-order valence-corrected chi connectivity index (χ1v) is 12.9. The molecule has 5 rings (SSSR count). The van der Waals surface area contributed by atoms with Crippen molar-refractivity contribution in [2.75, 3.05) is 11.5 Å². The number of thiazole rings is 1. The fourth-order valence-corrected chi connectivity index (χ4v) is 5.57. The summed E-state index contributed by atoms with van der Waals surface area (Å²) in [6, 6.07) is 1.39. The molecule has 5 heterocycles. The van der Waals surface area contributed by atoms with E-state index in [2.05, 4.69) is 15.5 Å². The summed E-state index contributed by atoms with van der Waals surface area (Å²) in [5.74, 6) is -2.60. The Morgan fingerprint density at radius 1 is 1.33 bits per heavy atom. The van der Waals surface area contributed by atoms with Crippen molar-refractivity contribution < 1.29 is 39.1 Å². The van der Waals surface area contributed by atoms with Crippen LogP contribution < -0.4 is 16.5 Å². The second-order valence-corrected chi connectivity index (χ2v) is 10.2. The van der Waals surface area contributed by atoms with Crippen molar-refractivity contribution in [2.24, 2.45) is 0 Å². The van der Waals surface area contributed by atoms with Gasteiger partial charge in [0.05, 0.1) is 18.2 Å². The average molecular weight is 575 g/mol. The highest BCUT2D eigenvalue weighted by atomic mass is 32.2. The van der Waals surface area contributed by atoms with Crippen molar-refractivity contribution in [2.45, 2.75) is 18.0 Å². The topological polar surface area (TPSA) is 223 Å². The number of fused-ring (bicyclic) bond motifs is 1. The van der Waals surface area contributed by atoms with Gasteiger partial charge in [-0.05, 0) is 6.08 Å². The van der Waals surface area contributed by atoms with E-state index in [1.54, 1.807) is 0 Å². The SMILES string of the molecule is Nc1nc(/C(=C/OCc2cc(-c3cc(=O)c(O)cn3O)no2)C(=O)N[C@@H]2C(=O)N3C(C(=O)O)=CCS[C@H]23)cs1. The van der Waals surface area contributed by atoms with Crippen molar-refractivity contribution in [3.8, 4) is 17.1 Å². The maximum atomic E-state index is 13.2. The van der Waals surface area contributed by atoms with Gasteiger partial charge in [-0.15, -0.1) is 23.1 Å². The molecule has 0 bridgehead atoms. The van der Waals surface area contributed by atoms with Crippen LogP contribution in [0.5, 0.6) is 5.75 Å². The van der Waals surface area contributed by atoms with Gasteiger partial charge in [-0.25, -0.2) is 9.78 Å². The molecule has 39 heavy (non-hydrogen) atoms. The number of carbonyl (C=O) groups excluding carboxylic acids is 2. The van der Waals surface area contributed by atoms with Crippen LogP contribution >= 0.6 is 23.1 Å². The lowest BCUT2D eigenvalue weighted by atomic mass is 10.0. The summed E-state index contributed by atoms with van der Waals surface area (Å²) in [6.45, 7) is -0.224. The van der Waals surface area contributed by atoms with Crippen LogP contribution in [0.25, 0.3) is 17.0 Å². The number of carboxylic acids is 1. The molecule has 0 unspecified atom stereocenters. The van der Waals surface area contributed by atoms with Gasteiger partial charge in [0.15, 0.2) is 16.6 Å². The number of amides is 2. The Bertz CT molecular complexity index is 1610. The molecule has 0 radical (unpaired) electrons. The molecule has 3 aromatic heterocycles. The number of β-lactam (4-membered cyclic amide) rings is 1. The Kier molecular flexibility index (Phi) is 6.75. The van der Waals surface area contributed by atoms with E-state index in [1.165, 1.54) is 29.3 Å². The molecule has 17 heteroatoms. The maximum Gasteiger partial charge on any atom is 0.352 e. The van der Waals surface area contributed by atoms with E-state index in [9.17, 15) is 34.6 Å². The molecule has 2 aliphatic rings. The van der Waals surface area contributed by atoms with Gasteiger partial charge in [-0.1, -0.05) is 5.16 Å². The number of nitrogen functional groups attached to an aromatic ring is 1. The van der Waals surface area contributed by atoms with Crippen molar-refractivity contribution in [3.05, 3.63) is 63.4 Å². The van der Waals surface area contributed by atoms with Crippen molar-refractivity contribution in [1.29, 1.82) is 0 Å². The van der Waals surface area contributed by atoms with Crippen LogP contribution in [0.4, 0.5) is 5.13 Å². The Labute approximate surface area is 225 Å². The molecule has 6 N–H and O–H groups in total. The predicted molar refractivity (Wildman–Crippen MR) is 135 cm³/mol. The Hall–Kier alpha value is -4.77. The van der Waals surface area contributed by atoms with Crippen LogP contribution in [-0.4, -0.2) is 70.1 Å². The minimum absolute atomic E-state index is 0.0398. The van der Waals surface area contributed by atoms with E-state index in [0.717, 1.165) is 34.8 Å². The number of ether oxygens (including phenoxy) is 1. The number of nitrogens with one attached hydrogen (secondary N) is 1. The van der Waals surface area contributed by atoms with E-state index in [0.29, 0.717) is 10.5 Å². The lowest BCUT2D eigenvalue weighted by Crippen LogP contribution is -2.70. The van der Waals surface area contributed by atoms with Gasteiger partial charge in [0.2, 0.25) is 5.43 Å². The smallest absolute Gasteiger partial charge is 0.352 e. The van der Waals surface area contributed by atoms with Gasteiger partial charge < -0.3 is 35.7 Å². The standard InChI is InChI=1S/C22H18N6O9S2/c23-22-24-12(8-39-22)10(18(31)25-17-19(32)28-13(21(33)34)1-2-38-20(17)28)7-36-6-9-3-11(26-37-9)14-4-15(29)16(30)5-27(14)35/h1,3-5,7-8,17,20,30,35H,2,6H2,(H2,23,24)(H,25,31)(H,33,34)/b10-7-/t17-,20-/m1/s1. The third-order valence-corrected chi connectivity index (χ3v) is 7.51. The summed E-state index contributed by atoms with van der Waals surface area (Å²) < 4.78 is 11.2. The Morgan fingerprint density at radius 2 is 2.13 bits per heavy atom. The lowest BCUT2D eigenvalue weighted by molar-refractivity contribution is -0.150. The minimum atomic E-state index is -1.23. The van der Waals surface area contributed by atoms with Crippen LogP contribution in [0.2, 0.25) is 0 Å². The summed E-state index contributed by atoms with van der Waals surface area (Å²) in [7, 11) is 0. The van der Waals surface area contributed by atoms with E-state index in [-0.39, 0.29) is 45.9 Å². The number of hydrogen-bond acceptors (Lipinski definition) is 13. The highest BCUT2D eigenvalue weighted by molar-refractivity contribution is 8.00. The largest absolute Gasteiger partial charge is 0.503 e. The summed E-state index contributed by atoms with van der Waals surface area (Å²) in [4.78, 5) is 54.1. The fourth-order valence-electron chi connectivity index (χ4n) is 3.81. The number of aromatic hydroxyl groups is 1. The number of nitrogens with two attached hydrogens (primary N) is 1. The predicted octanol–water partition coefficient (Wildman–Crippen LogP) is 0.411. The van der Waals surface area contributed by atoms with Crippen LogP contribution in [0.15, 0.2) is 51.1 Å². The van der Waals surface area contributed by atoms with Gasteiger partial charge in [0.1, 0.15) is 40.7 Å². The molecule has 2 aliphatic heterocycles. The van der Waals surface area contributed by atoms with Gasteiger partial charge in [0.25, 0.3) is 11.8 Å². The third kappa shape index (κ3) is 4.91. The first-order valence-electron chi connectivity index (χ1n) is 11.0. The summed E-state index contributed by atoms with van der Waals surface area (Å²) in [6.07, 6.45) is 3.35. The van der Waals surface area contributed by atoms with Gasteiger partial charge in [-0.3, -0.25) is 19.3 Å². The second-order valence-electron chi connectivity index (χ2n) is 8.12. The molecular formula is C22H18N6O9S2. The molecule has 0 spiro atoms. The molecule has 0 saturated carbocycles. The number of aromatic nitrogens is 3. The molecular weight excluding hydrogens is 556 g/mol. The van der Waals surface area contributed by atoms with Crippen LogP contribution in [-0.2, 0) is 25.7 Å². The van der Waals surface area contributed by atoms with Crippen LogP contribution in [0.1, 0.15) is 11.5 Å². The number of aliphatic carboxylic acids is 1.